The molecule has 0 bridgehead atoms. The van der Waals surface area contributed by atoms with E-state index in [2.05, 4.69) is 22.4 Å². The topological polar surface area (TPSA) is 71.2 Å². The quantitative estimate of drug-likeness (QED) is 0.590. The van der Waals surface area contributed by atoms with Crippen molar-refractivity contribution in [1.82, 2.24) is 10.3 Å². The standard InChI is InChI=1S/C22H24N2O3/c1-15-12-18-13-16(6-11-20(18)24-15)14-23-22(26)5-3-4-21(25)17-7-9-19(27-2)10-8-17/h6-13,24H,3-5,14H2,1-2H3,(H,23,26). The highest BCUT2D eigenvalue weighted by Gasteiger charge is 2.08. The van der Waals surface area contributed by atoms with E-state index in [1.807, 2.05) is 19.1 Å². The number of amides is 1. The number of hydrogen-bond donors (Lipinski definition) is 2. The number of aromatic nitrogens is 1. The minimum atomic E-state index is -0.0390. The first-order valence-electron chi connectivity index (χ1n) is 9.07. The summed E-state index contributed by atoms with van der Waals surface area (Å²) in [4.78, 5) is 27.5. The molecule has 0 saturated heterocycles. The normalized spacial score (nSPS) is 10.7. The van der Waals surface area contributed by atoms with Crippen molar-refractivity contribution in [1.29, 1.82) is 0 Å². The van der Waals surface area contributed by atoms with E-state index < -0.39 is 0 Å². The Morgan fingerprint density at radius 2 is 1.81 bits per heavy atom. The molecule has 3 rings (SSSR count). The summed E-state index contributed by atoms with van der Waals surface area (Å²) in [6, 6.07) is 15.2. The number of fused-ring (bicyclic) bond motifs is 1. The van der Waals surface area contributed by atoms with Gasteiger partial charge in [0.2, 0.25) is 5.91 Å². The number of aromatic amines is 1. The number of nitrogens with one attached hydrogen (secondary N) is 2. The van der Waals surface area contributed by atoms with E-state index in [0.717, 1.165) is 27.9 Å². The van der Waals surface area contributed by atoms with Gasteiger partial charge in [-0.2, -0.15) is 0 Å². The van der Waals surface area contributed by atoms with Gasteiger partial charge < -0.3 is 15.0 Å². The summed E-state index contributed by atoms with van der Waals surface area (Å²) in [6.45, 7) is 2.51. The molecule has 0 unspecified atom stereocenters. The average molecular weight is 364 g/mol. The third kappa shape index (κ3) is 4.97. The van der Waals surface area contributed by atoms with E-state index in [-0.39, 0.29) is 11.7 Å². The number of ketones is 1. The van der Waals surface area contributed by atoms with E-state index in [1.165, 1.54) is 0 Å². The van der Waals surface area contributed by atoms with Gasteiger partial charge in [-0.3, -0.25) is 9.59 Å². The molecule has 27 heavy (non-hydrogen) atoms. The Kier molecular flexibility index (Phi) is 5.91. The van der Waals surface area contributed by atoms with Gasteiger partial charge in [0.15, 0.2) is 5.78 Å². The third-order valence-corrected chi connectivity index (χ3v) is 4.53. The zero-order valence-corrected chi connectivity index (χ0v) is 15.7. The number of hydrogen-bond acceptors (Lipinski definition) is 3. The Morgan fingerprint density at radius 1 is 1.04 bits per heavy atom. The van der Waals surface area contributed by atoms with E-state index >= 15 is 0 Å². The van der Waals surface area contributed by atoms with Crippen LogP contribution in [0.15, 0.2) is 48.5 Å². The lowest BCUT2D eigenvalue weighted by atomic mass is 10.1. The van der Waals surface area contributed by atoms with Crippen molar-refractivity contribution in [2.45, 2.75) is 32.7 Å². The van der Waals surface area contributed by atoms with Crippen molar-refractivity contribution in [2.24, 2.45) is 0 Å². The van der Waals surface area contributed by atoms with Crippen LogP contribution in [0.3, 0.4) is 0 Å². The lowest BCUT2D eigenvalue weighted by molar-refractivity contribution is -0.121. The van der Waals surface area contributed by atoms with Gasteiger partial charge in [0.25, 0.3) is 0 Å². The van der Waals surface area contributed by atoms with E-state index in [9.17, 15) is 9.59 Å². The van der Waals surface area contributed by atoms with Crippen molar-refractivity contribution in [3.05, 3.63) is 65.4 Å². The molecule has 0 aliphatic heterocycles. The van der Waals surface area contributed by atoms with E-state index in [4.69, 9.17) is 4.74 Å². The number of benzene rings is 2. The molecule has 3 aromatic rings. The highest BCUT2D eigenvalue weighted by molar-refractivity contribution is 5.96. The molecule has 0 fully saturated rings. The first kappa shape index (κ1) is 18.7. The number of ether oxygens (including phenoxy) is 1. The third-order valence-electron chi connectivity index (χ3n) is 4.53. The molecule has 1 aromatic heterocycles. The summed E-state index contributed by atoms with van der Waals surface area (Å²) in [5, 5.41) is 4.06. The summed E-state index contributed by atoms with van der Waals surface area (Å²) >= 11 is 0. The number of carbonyl (C=O) groups is 2. The summed E-state index contributed by atoms with van der Waals surface area (Å²) < 4.78 is 5.08. The highest BCUT2D eigenvalue weighted by Crippen LogP contribution is 2.17. The Hall–Kier alpha value is -3.08. The minimum absolute atomic E-state index is 0.0390. The largest absolute Gasteiger partial charge is 0.497 e. The molecular weight excluding hydrogens is 340 g/mol. The predicted octanol–water partition coefficient (Wildman–Crippen LogP) is 4.15. The molecule has 2 aromatic carbocycles. The molecule has 2 N–H and O–H groups in total. The minimum Gasteiger partial charge on any atom is -0.497 e. The fraction of sp³-hybridized carbons (Fsp3) is 0.273. The number of carbonyl (C=O) groups excluding carboxylic acids is 2. The van der Waals surface area contributed by atoms with Crippen LogP contribution >= 0.6 is 0 Å². The van der Waals surface area contributed by atoms with Gasteiger partial charge in [-0.05, 0) is 66.8 Å². The SMILES string of the molecule is COc1ccc(C(=O)CCCC(=O)NCc2ccc3[nH]c(C)cc3c2)cc1. The molecule has 0 radical (unpaired) electrons. The van der Waals surface area contributed by atoms with Crippen LogP contribution in [0.25, 0.3) is 10.9 Å². The summed E-state index contributed by atoms with van der Waals surface area (Å²) in [5.41, 5.74) is 3.92. The summed E-state index contributed by atoms with van der Waals surface area (Å²) in [6.07, 6.45) is 1.23. The molecule has 0 saturated carbocycles. The predicted molar refractivity (Wildman–Crippen MR) is 106 cm³/mol. The number of rotatable bonds is 8. The summed E-state index contributed by atoms with van der Waals surface area (Å²) in [5.74, 6) is 0.723. The van der Waals surface area contributed by atoms with Crippen LogP contribution in [-0.4, -0.2) is 23.8 Å². The van der Waals surface area contributed by atoms with Gasteiger partial charge in [-0.25, -0.2) is 0 Å². The van der Waals surface area contributed by atoms with Crippen molar-refractivity contribution >= 4 is 22.6 Å². The first-order chi connectivity index (χ1) is 13.0. The fourth-order valence-electron chi connectivity index (χ4n) is 3.06. The molecule has 0 aliphatic carbocycles. The van der Waals surface area contributed by atoms with Crippen LogP contribution < -0.4 is 10.1 Å². The maximum atomic E-state index is 12.2. The molecule has 0 atom stereocenters. The van der Waals surface area contributed by atoms with Crippen molar-refractivity contribution in [3.63, 3.8) is 0 Å². The van der Waals surface area contributed by atoms with Gasteiger partial charge in [-0.15, -0.1) is 0 Å². The molecule has 0 spiro atoms. The number of H-pyrrole nitrogens is 1. The first-order valence-corrected chi connectivity index (χ1v) is 9.07. The number of aryl methyl sites for hydroxylation is 1. The van der Waals surface area contributed by atoms with E-state index in [1.54, 1.807) is 31.4 Å². The maximum Gasteiger partial charge on any atom is 0.220 e. The maximum absolute atomic E-state index is 12.2. The number of Topliss-reactive ketones (excluding diaryl/α,β-unsaturated/α-hetero) is 1. The zero-order valence-electron chi connectivity index (χ0n) is 15.7. The molecule has 5 nitrogen and oxygen atoms in total. The highest BCUT2D eigenvalue weighted by atomic mass is 16.5. The van der Waals surface area contributed by atoms with Crippen LogP contribution in [0.2, 0.25) is 0 Å². The Bertz CT molecular complexity index is 942. The fourth-order valence-corrected chi connectivity index (χ4v) is 3.06. The van der Waals surface area contributed by atoms with Crippen LogP contribution in [-0.2, 0) is 11.3 Å². The lowest BCUT2D eigenvalue weighted by Crippen LogP contribution is -2.22. The smallest absolute Gasteiger partial charge is 0.220 e. The Morgan fingerprint density at radius 3 is 2.56 bits per heavy atom. The van der Waals surface area contributed by atoms with Gasteiger partial charge in [-0.1, -0.05) is 6.07 Å². The molecule has 140 valence electrons. The van der Waals surface area contributed by atoms with Gasteiger partial charge in [0.05, 0.1) is 7.11 Å². The molecule has 5 heteroatoms. The number of methoxy groups -OCH3 is 1. The second kappa shape index (κ2) is 8.54. The molecule has 1 amide bonds. The Balaban J connectivity index is 1.42. The molecular formula is C22H24N2O3. The van der Waals surface area contributed by atoms with Gasteiger partial charge >= 0.3 is 0 Å². The van der Waals surface area contributed by atoms with Crippen LogP contribution in [0, 0.1) is 6.92 Å². The second-order valence-corrected chi connectivity index (χ2v) is 6.66. The molecule has 1 heterocycles. The van der Waals surface area contributed by atoms with E-state index in [0.29, 0.717) is 31.4 Å². The zero-order chi connectivity index (χ0) is 19.2. The van der Waals surface area contributed by atoms with Gasteiger partial charge in [0.1, 0.15) is 5.75 Å². The van der Waals surface area contributed by atoms with Crippen LogP contribution in [0.5, 0.6) is 5.75 Å². The van der Waals surface area contributed by atoms with Crippen molar-refractivity contribution in [3.8, 4) is 5.75 Å². The second-order valence-electron chi connectivity index (χ2n) is 6.66. The summed E-state index contributed by atoms with van der Waals surface area (Å²) in [7, 11) is 1.59. The Labute approximate surface area is 158 Å². The van der Waals surface area contributed by atoms with Gasteiger partial charge in [0, 0.05) is 36.2 Å². The van der Waals surface area contributed by atoms with Crippen molar-refractivity contribution in [2.75, 3.05) is 7.11 Å². The molecule has 0 aliphatic rings. The van der Waals surface area contributed by atoms with Crippen molar-refractivity contribution < 1.29 is 14.3 Å². The average Bonchev–Trinajstić information content (AvgIpc) is 3.05. The lowest BCUT2D eigenvalue weighted by Gasteiger charge is -2.06. The van der Waals surface area contributed by atoms with Crippen LogP contribution in [0.1, 0.15) is 40.9 Å². The van der Waals surface area contributed by atoms with Crippen LogP contribution in [0.4, 0.5) is 0 Å². The monoisotopic (exact) mass is 364 g/mol.